The third-order valence-electron chi connectivity index (χ3n) is 2.22. The summed E-state index contributed by atoms with van der Waals surface area (Å²) in [6.07, 6.45) is 1.71. The van der Waals surface area contributed by atoms with E-state index in [1.807, 2.05) is 24.3 Å². The van der Waals surface area contributed by atoms with Crippen molar-refractivity contribution in [3.8, 4) is 5.75 Å². The molecule has 0 aliphatic heterocycles. The molecule has 0 aliphatic rings. The van der Waals surface area contributed by atoms with Gasteiger partial charge < -0.3 is 9.84 Å². The fraction of sp³-hybridized carbons (Fsp3) is 0.250. The number of methoxy groups -OCH3 is 1. The number of hydrogen-bond donors (Lipinski definition) is 1. The predicted octanol–water partition coefficient (Wildman–Crippen LogP) is 2.44. The van der Waals surface area contributed by atoms with Crippen molar-refractivity contribution in [3.63, 3.8) is 0 Å². The highest BCUT2D eigenvalue weighted by Crippen LogP contribution is 2.23. The SMILES string of the molecule is C=C[C@@H](CC(=O)O)c1ccc(OC)cc1. The quantitative estimate of drug-likeness (QED) is 0.752. The highest BCUT2D eigenvalue weighted by Gasteiger charge is 2.11. The molecule has 1 atom stereocenters. The number of hydrogen-bond acceptors (Lipinski definition) is 2. The Morgan fingerprint density at radius 3 is 2.53 bits per heavy atom. The van der Waals surface area contributed by atoms with E-state index >= 15 is 0 Å². The summed E-state index contributed by atoms with van der Waals surface area (Å²) in [5, 5.41) is 8.70. The second kappa shape index (κ2) is 5.20. The fourth-order valence-corrected chi connectivity index (χ4v) is 1.38. The molecule has 1 aromatic rings. The molecule has 0 aliphatic carbocycles. The minimum atomic E-state index is -0.823. The lowest BCUT2D eigenvalue weighted by molar-refractivity contribution is -0.137. The Morgan fingerprint density at radius 2 is 2.13 bits per heavy atom. The van der Waals surface area contributed by atoms with Crippen LogP contribution in [0.1, 0.15) is 17.9 Å². The van der Waals surface area contributed by atoms with Crippen molar-refractivity contribution >= 4 is 5.97 Å². The Morgan fingerprint density at radius 1 is 1.53 bits per heavy atom. The topological polar surface area (TPSA) is 46.5 Å². The zero-order valence-electron chi connectivity index (χ0n) is 8.64. The molecule has 1 aromatic carbocycles. The second-order valence-electron chi connectivity index (χ2n) is 3.21. The van der Waals surface area contributed by atoms with Gasteiger partial charge >= 0.3 is 5.97 Å². The molecule has 0 spiro atoms. The summed E-state index contributed by atoms with van der Waals surface area (Å²) in [5.41, 5.74) is 0.938. The summed E-state index contributed by atoms with van der Waals surface area (Å²) >= 11 is 0. The number of carboxylic acids is 1. The average molecular weight is 206 g/mol. The lowest BCUT2D eigenvalue weighted by Gasteiger charge is -2.10. The highest BCUT2D eigenvalue weighted by atomic mass is 16.5. The number of carboxylic acid groups (broad SMARTS) is 1. The van der Waals surface area contributed by atoms with Gasteiger partial charge in [0.05, 0.1) is 13.5 Å². The summed E-state index contributed by atoms with van der Waals surface area (Å²) in [7, 11) is 1.59. The lowest BCUT2D eigenvalue weighted by atomic mass is 9.96. The van der Waals surface area contributed by atoms with E-state index in [1.54, 1.807) is 13.2 Å². The molecule has 0 fully saturated rings. The van der Waals surface area contributed by atoms with E-state index in [2.05, 4.69) is 6.58 Å². The van der Waals surface area contributed by atoms with Crippen molar-refractivity contribution in [2.75, 3.05) is 7.11 Å². The Balaban J connectivity index is 2.82. The van der Waals surface area contributed by atoms with Crippen LogP contribution in [-0.2, 0) is 4.79 Å². The van der Waals surface area contributed by atoms with E-state index in [0.717, 1.165) is 11.3 Å². The van der Waals surface area contributed by atoms with Gasteiger partial charge in [0, 0.05) is 5.92 Å². The van der Waals surface area contributed by atoms with Crippen LogP contribution in [0.2, 0.25) is 0 Å². The molecule has 0 unspecified atom stereocenters. The van der Waals surface area contributed by atoms with Crippen LogP contribution in [0.25, 0.3) is 0 Å². The van der Waals surface area contributed by atoms with Crippen LogP contribution in [0, 0.1) is 0 Å². The van der Waals surface area contributed by atoms with Gasteiger partial charge in [-0.15, -0.1) is 6.58 Å². The van der Waals surface area contributed by atoms with Gasteiger partial charge in [0.15, 0.2) is 0 Å². The van der Waals surface area contributed by atoms with Crippen LogP contribution in [0.3, 0.4) is 0 Å². The van der Waals surface area contributed by atoms with Crippen molar-refractivity contribution in [1.82, 2.24) is 0 Å². The summed E-state index contributed by atoms with van der Waals surface area (Å²) < 4.78 is 5.02. The summed E-state index contributed by atoms with van der Waals surface area (Å²) in [5.74, 6) is -0.207. The van der Waals surface area contributed by atoms with E-state index in [-0.39, 0.29) is 12.3 Å². The van der Waals surface area contributed by atoms with Crippen LogP contribution in [0.15, 0.2) is 36.9 Å². The number of ether oxygens (including phenoxy) is 1. The Bertz CT molecular complexity index is 340. The fourth-order valence-electron chi connectivity index (χ4n) is 1.38. The van der Waals surface area contributed by atoms with E-state index in [0.29, 0.717) is 0 Å². The van der Waals surface area contributed by atoms with Crippen LogP contribution in [-0.4, -0.2) is 18.2 Å². The number of benzene rings is 1. The summed E-state index contributed by atoms with van der Waals surface area (Å²) in [6.45, 7) is 3.64. The molecule has 3 nitrogen and oxygen atoms in total. The monoisotopic (exact) mass is 206 g/mol. The molecule has 0 amide bonds. The largest absolute Gasteiger partial charge is 0.497 e. The summed E-state index contributed by atoms with van der Waals surface area (Å²) in [4.78, 5) is 10.6. The standard InChI is InChI=1S/C12H14O3/c1-3-9(8-12(13)14)10-4-6-11(15-2)7-5-10/h3-7,9H,1,8H2,2H3,(H,13,14)/t9-/m0/s1. The van der Waals surface area contributed by atoms with Crippen molar-refractivity contribution in [3.05, 3.63) is 42.5 Å². The van der Waals surface area contributed by atoms with Gasteiger partial charge in [0.2, 0.25) is 0 Å². The molecule has 1 rings (SSSR count). The Labute approximate surface area is 89.0 Å². The van der Waals surface area contributed by atoms with Gasteiger partial charge in [-0.25, -0.2) is 0 Å². The van der Waals surface area contributed by atoms with E-state index in [4.69, 9.17) is 9.84 Å². The predicted molar refractivity (Wildman–Crippen MR) is 58.2 cm³/mol. The van der Waals surface area contributed by atoms with Gasteiger partial charge in [-0.2, -0.15) is 0 Å². The molecule has 0 saturated carbocycles. The van der Waals surface area contributed by atoms with E-state index in [9.17, 15) is 4.79 Å². The number of aliphatic carboxylic acids is 1. The lowest BCUT2D eigenvalue weighted by Crippen LogP contribution is -2.03. The molecular formula is C12H14O3. The first-order valence-corrected chi connectivity index (χ1v) is 4.65. The van der Waals surface area contributed by atoms with Gasteiger partial charge in [-0.05, 0) is 17.7 Å². The minimum absolute atomic E-state index is 0.0653. The smallest absolute Gasteiger partial charge is 0.304 e. The number of allylic oxidation sites excluding steroid dienone is 1. The molecular weight excluding hydrogens is 192 g/mol. The zero-order chi connectivity index (χ0) is 11.3. The van der Waals surface area contributed by atoms with Crippen molar-refractivity contribution in [2.45, 2.75) is 12.3 Å². The van der Waals surface area contributed by atoms with Gasteiger partial charge in [0.1, 0.15) is 5.75 Å². The molecule has 15 heavy (non-hydrogen) atoms. The minimum Gasteiger partial charge on any atom is -0.497 e. The zero-order valence-corrected chi connectivity index (χ0v) is 8.64. The maximum absolute atomic E-state index is 10.6. The number of rotatable bonds is 5. The maximum Gasteiger partial charge on any atom is 0.304 e. The third kappa shape index (κ3) is 3.13. The maximum atomic E-state index is 10.6. The Hall–Kier alpha value is -1.77. The Kier molecular flexibility index (Phi) is 3.92. The van der Waals surface area contributed by atoms with Gasteiger partial charge in [-0.3, -0.25) is 4.79 Å². The van der Waals surface area contributed by atoms with Crippen LogP contribution in [0.5, 0.6) is 5.75 Å². The first-order valence-electron chi connectivity index (χ1n) is 4.65. The molecule has 0 bridgehead atoms. The molecule has 0 saturated heterocycles. The first-order chi connectivity index (χ1) is 7.17. The normalized spacial score (nSPS) is 11.8. The molecule has 1 N–H and O–H groups in total. The average Bonchev–Trinajstić information content (AvgIpc) is 2.26. The first kappa shape index (κ1) is 11.3. The van der Waals surface area contributed by atoms with Crippen molar-refractivity contribution in [1.29, 1.82) is 0 Å². The van der Waals surface area contributed by atoms with Crippen molar-refractivity contribution in [2.24, 2.45) is 0 Å². The van der Waals surface area contributed by atoms with Crippen LogP contribution < -0.4 is 4.74 Å². The highest BCUT2D eigenvalue weighted by molar-refractivity contribution is 5.68. The van der Waals surface area contributed by atoms with Crippen molar-refractivity contribution < 1.29 is 14.6 Å². The van der Waals surface area contributed by atoms with Gasteiger partial charge in [-0.1, -0.05) is 18.2 Å². The van der Waals surface area contributed by atoms with Crippen LogP contribution in [0.4, 0.5) is 0 Å². The third-order valence-corrected chi connectivity index (χ3v) is 2.22. The number of carbonyl (C=O) groups is 1. The van der Waals surface area contributed by atoms with Crippen LogP contribution >= 0.6 is 0 Å². The van der Waals surface area contributed by atoms with Gasteiger partial charge in [0.25, 0.3) is 0 Å². The molecule has 80 valence electrons. The molecule has 0 aromatic heterocycles. The molecule has 3 heteroatoms. The second-order valence-corrected chi connectivity index (χ2v) is 3.21. The molecule has 0 heterocycles. The van der Waals surface area contributed by atoms with E-state index < -0.39 is 5.97 Å². The summed E-state index contributed by atoms with van der Waals surface area (Å²) in [6, 6.07) is 7.34. The van der Waals surface area contributed by atoms with E-state index in [1.165, 1.54) is 0 Å². The molecule has 0 radical (unpaired) electrons.